The van der Waals surface area contributed by atoms with Crippen molar-refractivity contribution >= 4 is 27.5 Å². The second-order valence-electron chi connectivity index (χ2n) is 4.22. The summed E-state index contributed by atoms with van der Waals surface area (Å²) in [6, 6.07) is 4.95. The fraction of sp³-hybridized carbons (Fsp3) is 0.500. The zero-order valence-corrected chi connectivity index (χ0v) is 10.7. The van der Waals surface area contributed by atoms with Gasteiger partial charge in [-0.25, -0.2) is 4.39 Å². The van der Waals surface area contributed by atoms with Crippen molar-refractivity contribution in [3.8, 4) is 0 Å². The third kappa shape index (κ3) is 1.94. The van der Waals surface area contributed by atoms with Crippen molar-refractivity contribution in [2.45, 2.75) is 31.1 Å². The maximum atomic E-state index is 13.8. The van der Waals surface area contributed by atoms with Crippen LogP contribution in [0.2, 0.25) is 5.02 Å². The third-order valence-electron chi connectivity index (χ3n) is 3.31. The van der Waals surface area contributed by atoms with Crippen LogP contribution in [0.5, 0.6) is 0 Å². The van der Waals surface area contributed by atoms with Gasteiger partial charge in [0, 0.05) is 21.3 Å². The Morgan fingerprint density at radius 2 is 2.00 bits per heavy atom. The van der Waals surface area contributed by atoms with Gasteiger partial charge in [-0.05, 0) is 25.0 Å². The van der Waals surface area contributed by atoms with Gasteiger partial charge >= 0.3 is 0 Å². The van der Waals surface area contributed by atoms with E-state index in [1.54, 1.807) is 12.1 Å². The van der Waals surface area contributed by atoms with Crippen LogP contribution in [0.3, 0.4) is 0 Å². The lowest BCUT2D eigenvalue weighted by Crippen LogP contribution is -2.25. The average molecular weight is 292 g/mol. The van der Waals surface area contributed by atoms with Crippen molar-refractivity contribution in [1.82, 2.24) is 0 Å². The number of hydrogen-bond acceptors (Lipinski definition) is 0. The Kier molecular flexibility index (Phi) is 3.36. The molecule has 0 spiro atoms. The summed E-state index contributed by atoms with van der Waals surface area (Å²) in [5, 5.41) is 1.36. The molecule has 0 saturated heterocycles. The van der Waals surface area contributed by atoms with Crippen molar-refractivity contribution in [3.63, 3.8) is 0 Å². The van der Waals surface area contributed by atoms with E-state index in [1.165, 1.54) is 6.07 Å². The molecule has 1 aliphatic carbocycles. The smallest absolute Gasteiger partial charge is 0.128 e. The fourth-order valence-electron chi connectivity index (χ4n) is 2.51. The van der Waals surface area contributed by atoms with Crippen LogP contribution < -0.4 is 0 Å². The summed E-state index contributed by atoms with van der Waals surface area (Å²) in [6.07, 6.45) is 4.38. The van der Waals surface area contributed by atoms with E-state index >= 15 is 0 Å². The van der Waals surface area contributed by atoms with Gasteiger partial charge in [0.1, 0.15) is 5.82 Å². The van der Waals surface area contributed by atoms with E-state index in [0.29, 0.717) is 10.6 Å². The number of hydrogen-bond donors (Lipinski definition) is 0. The van der Waals surface area contributed by atoms with Gasteiger partial charge in [0.2, 0.25) is 0 Å². The van der Waals surface area contributed by atoms with Crippen LogP contribution in [-0.2, 0) is 5.41 Å². The third-order valence-corrected chi connectivity index (χ3v) is 4.70. The maximum Gasteiger partial charge on any atom is 0.128 e. The van der Waals surface area contributed by atoms with Crippen LogP contribution in [0.1, 0.15) is 31.2 Å². The largest absolute Gasteiger partial charge is 0.207 e. The van der Waals surface area contributed by atoms with Gasteiger partial charge in [0.05, 0.1) is 0 Å². The molecule has 3 heteroatoms. The fourth-order valence-corrected chi connectivity index (χ4v) is 3.71. The van der Waals surface area contributed by atoms with Gasteiger partial charge in [-0.2, -0.15) is 0 Å². The van der Waals surface area contributed by atoms with Crippen LogP contribution in [0.15, 0.2) is 18.2 Å². The lowest BCUT2D eigenvalue weighted by Gasteiger charge is -2.28. The van der Waals surface area contributed by atoms with Crippen molar-refractivity contribution in [1.29, 1.82) is 0 Å². The molecule has 15 heavy (non-hydrogen) atoms. The Morgan fingerprint density at radius 3 is 2.53 bits per heavy atom. The van der Waals surface area contributed by atoms with Gasteiger partial charge in [0.15, 0.2) is 0 Å². The average Bonchev–Trinajstić information content (AvgIpc) is 2.67. The molecule has 0 unspecified atom stereocenters. The Balaban J connectivity index is 2.51. The Labute approximate surface area is 103 Å². The molecule has 82 valence electrons. The standard InChI is InChI=1S/C12H13BrClF/c13-8-12(6-1-2-7-12)11-9(14)4-3-5-10(11)15/h3-5H,1-2,6-8H2. The lowest BCUT2D eigenvalue weighted by molar-refractivity contribution is 0.468. The summed E-state index contributed by atoms with van der Waals surface area (Å²) >= 11 is 9.63. The maximum absolute atomic E-state index is 13.8. The van der Waals surface area contributed by atoms with Crippen LogP contribution in [-0.4, -0.2) is 5.33 Å². The molecule has 0 atom stereocenters. The molecule has 1 saturated carbocycles. The molecule has 0 N–H and O–H groups in total. The molecule has 0 amide bonds. The molecular weight excluding hydrogens is 278 g/mol. The van der Waals surface area contributed by atoms with E-state index in [4.69, 9.17) is 11.6 Å². The Hall–Kier alpha value is -0.0800. The Morgan fingerprint density at radius 1 is 1.33 bits per heavy atom. The van der Waals surface area contributed by atoms with Crippen LogP contribution in [0.25, 0.3) is 0 Å². The highest BCUT2D eigenvalue weighted by atomic mass is 79.9. The Bertz CT molecular complexity index is 338. The highest BCUT2D eigenvalue weighted by Crippen LogP contribution is 2.45. The number of halogens is 3. The topological polar surface area (TPSA) is 0 Å². The molecule has 0 radical (unpaired) electrons. The molecule has 1 aliphatic rings. The van der Waals surface area contributed by atoms with Gasteiger partial charge in [-0.1, -0.05) is 46.4 Å². The highest BCUT2D eigenvalue weighted by molar-refractivity contribution is 9.09. The summed E-state index contributed by atoms with van der Waals surface area (Å²) < 4.78 is 13.8. The minimum Gasteiger partial charge on any atom is -0.207 e. The molecule has 0 heterocycles. The zero-order chi connectivity index (χ0) is 10.9. The van der Waals surface area contributed by atoms with Crippen LogP contribution >= 0.6 is 27.5 Å². The molecule has 0 aromatic heterocycles. The highest BCUT2D eigenvalue weighted by Gasteiger charge is 2.38. The van der Waals surface area contributed by atoms with E-state index in [9.17, 15) is 4.39 Å². The zero-order valence-electron chi connectivity index (χ0n) is 8.40. The second-order valence-corrected chi connectivity index (χ2v) is 5.19. The first-order valence-corrected chi connectivity index (χ1v) is 6.70. The van der Waals surface area contributed by atoms with Crippen molar-refractivity contribution in [2.75, 3.05) is 5.33 Å². The monoisotopic (exact) mass is 290 g/mol. The minimum atomic E-state index is -0.163. The van der Waals surface area contributed by atoms with E-state index in [0.717, 1.165) is 31.0 Å². The van der Waals surface area contributed by atoms with Gasteiger partial charge in [-0.15, -0.1) is 0 Å². The number of alkyl halides is 1. The quantitative estimate of drug-likeness (QED) is 0.694. The normalized spacial score (nSPS) is 19.4. The SMILES string of the molecule is Fc1cccc(Cl)c1C1(CBr)CCCC1. The van der Waals surface area contributed by atoms with Crippen LogP contribution in [0.4, 0.5) is 4.39 Å². The molecule has 2 rings (SSSR count). The minimum absolute atomic E-state index is 0.0809. The van der Waals surface area contributed by atoms with E-state index < -0.39 is 0 Å². The van der Waals surface area contributed by atoms with Crippen molar-refractivity contribution in [3.05, 3.63) is 34.6 Å². The first-order chi connectivity index (χ1) is 7.19. The predicted molar refractivity (Wildman–Crippen MR) is 65.4 cm³/mol. The first-order valence-electron chi connectivity index (χ1n) is 5.20. The number of benzene rings is 1. The van der Waals surface area contributed by atoms with Gasteiger partial charge in [-0.3, -0.25) is 0 Å². The summed E-state index contributed by atoms with van der Waals surface area (Å²) in [5.74, 6) is -0.163. The molecule has 1 aromatic carbocycles. The second kappa shape index (κ2) is 4.42. The van der Waals surface area contributed by atoms with Gasteiger partial charge in [0.25, 0.3) is 0 Å². The summed E-state index contributed by atoms with van der Waals surface area (Å²) in [5.41, 5.74) is 0.628. The molecule has 0 aliphatic heterocycles. The van der Waals surface area contributed by atoms with Crippen molar-refractivity contribution < 1.29 is 4.39 Å². The van der Waals surface area contributed by atoms with E-state index in [2.05, 4.69) is 15.9 Å². The summed E-state index contributed by atoms with van der Waals surface area (Å²) in [4.78, 5) is 0. The van der Waals surface area contributed by atoms with Crippen LogP contribution in [0, 0.1) is 5.82 Å². The molecule has 0 nitrogen and oxygen atoms in total. The lowest BCUT2D eigenvalue weighted by atomic mass is 9.80. The summed E-state index contributed by atoms with van der Waals surface area (Å²) in [6.45, 7) is 0. The predicted octanol–water partition coefficient (Wildman–Crippen LogP) is 4.69. The molecule has 0 bridgehead atoms. The molecule has 1 aromatic rings. The van der Waals surface area contributed by atoms with Crippen molar-refractivity contribution in [2.24, 2.45) is 0 Å². The van der Waals surface area contributed by atoms with Gasteiger partial charge < -0.3 is 0 Å². The first kappa shape index (κ1) is 11.4. The van der Waals surface area contributed by atoms with E-state index in [-0.39, 0.29) is 11.2 Å². The van der Waals surface area contributed by atoms with E-state index in [1.807, 2.05) is 0 Å². The number of rotatable bonds is 2. The summed E-state index contributed by atoms with van der Waals surface area (Å²) in [7, 11) is 0. The molecule has 1 fully saturated rings. The molecular formula is C12H13BrClF.